The molecular formula is C48H33N5. The topological polar surface area (TPSA) is 48.5 Å². The molecule has 3 aromatic heterocycles. The first kappa shape index (κ1) is 29.8. The summed E-state index contributed by atoms with van der Waals surface area (Å²) in [5.41, 5.74) is 12.6. The Hall–Kier alpha value is -6.85. The number of aromatic nitrogens is 5. The van der Waals surface area contributed by atoms with Gasteiger partial charge in [-0.05, 0) is 69.8 Å². The van der Waals surface area contributed by atoms with Crippen LogP contribution in [0.4, 0.5) is 0 Å². The molecule has 0 saturated carbocycles. The molecular weight excluding hydrogens is 647 g/mol. The Morgan fingerprint density at radius 2 is 0.925 bits per heavy atom. The standard InChI is InChI=1S/C48H33N5/c1-48(2)39-22-12-9-19-33(39)36-28-38-35-21-11-14-24-42(35)53(44(38)29-40(36)48)47-50-45(31-17-7-4-8-18-31)49-46(51-47)52-41-23-13-10-20-34(41)37-27-32(25-26-43(37)52)30-15-5-3-6-16-30/h3-29H,1-2H3. The highest BCUT2D eigenvalue weighted by molar-refractivity contribution is 6.12. The third kappa shape index (κ3) is 4.34. The normalized spacial score (nSPS) is 13.2. The molecule has 0 saturated heterocycles. The molecule has 10 aromatic rings. The van der Waals surface area contributed by atoms with E-state index in [1.807, 2.05) is 18.2 Å². The molecule has 7 aromatic carbocycles. The summed E-state index contributed by atoms with van der Waals surface area (Å²) < 4.78 is 4.44. The van der Waals surface area contributed by atoms with Crippen LogP contribution in [0, 0.1) is 0 Å². The van der Waals surface area contributed by atoms with Crippen LogP contribution in [0.25, 0.3) is 89.2 Å². The highest BCUT2D eigenvalue weighted by Crippen LogP contribution is 2.51. The van der Waals surface area contributed by atoms with Crippen LogP contribution in [0.3, 0.4) is 0 Å². The van der Waals surface area contributed by atoms with Crippen LogP contribution in [0.2, 0.25) is 0 Å². The smallest absolute Gasteiger partial charge is 0.240 e. The third-order valence-corrected chi connectivity index (χ3v) is 11.2. The minimum atomic E-state index is -0.150. The number of fused-ring (bicyclic) bond motifs is 9. The van der Waals surface area contributed by atoms with Gasteiger partial charge in [-0.1, -0.05) is 141 Å². The summed E-state index contributed by atoms with van der Waals surface area (Å²) in [6.45, 7) is 4.66. The Balaban J connectivity index is 1.21. The van der Waals surface area contributed by atoms with Crippen LogP contribution < -0.4 is 0 Å². The van der Waals surface area contributed by atoms with Crippen molar-refractivity contribution in [1.29, 1.82) is 0 Å². The Morgan fingerprint density at radius 1 is 0.377 bits per heavy atom. The molecule has 5 heteroatoms. The first-order chi connectivity index (χ1) is 26.0. The summed E-state index contributed by atoms with van der Waals surface area (Å²) in [5, 5.41) is 4.65. The van der Waals surface area contributed by atoms with Crippen molar-refractivity contribution >= 4 is 43.6 Å². The van der Waals surface area contributed by atoms with Crippen molar-refractivity contribution in [3.63, 3.8) is 0 Å². The first-order valence-electron chi connectivity index (χ1n) is 18.1. The highest BCUT2D eigenvalue weighted by Gasteiger charge is 2.36. The molecule has 250 valence electrons. The van der Waals surface area contributed by atoms with Crippen molar-refractivity contribution in [1.82, 2.24) is 24.1 Å². The Labute approximate surface area is 306 Å². The summed E-state index contributed by atoms with van der Waals surface area (Å²) >= 11 is 0. The number of benzene rings is 7. The molecule has 0 amide bonds. The largest absolute Gasteiger partial charge is 0.278 e. The molecule has 1 aliphatic carbocycles. The number of hydrogen-bond acceptors (Lipinski definition) is 3. The second-order valence-corrected chi connectivity index (χ2v) is 14.5. The predicted octanol–water partition coefficient (Wildman–Crippen LogP) is 11.7. The summed E-state index contributed by atoms with van der Waals surface area (Å²) in [5.74, 6) is 1.78. The number of para-hydroxylation sites is 2. The summed E-state index contributed by atoms with van der Waals surface area (Å²) in [6, 6.07) is 58.2. The highest BCUT2D eigenvalue weighted by atomic mass is 15.3. The number of nitrogens with zero attached hydrogens (tertiary/aromatic N) is 5. The van der Waals surface area contributed by atoms with Gasteiger partial charge in [-0.15, -0.1) is 0 Å². The lowest BCUT2D eigenvalue weighted by molar-refractivity contribution is 0.661. The van der Waals surface area contributed by atoms with Gasteiger partial charge in [0.05, 0.1) is 22.1 Å². The maximum absolute atomic E-state index is 5.40. The van der Waals surface area contributed by atoms with Gasteiger partial charge in [-0.3, -0.25) is 9.13 Å². The average molecular weight is 680 g/mol. The monoisotopic (exact) mass is 679 g/mol. The van der Waals surface area contributed by atoms with E-state index in [0.717, 1.165) is 38.4 Å². The molecule has 5 nitrogen and oxygen atoms in total. The summed E-state index contributed by atoms with van der Waals surface area (Å²) in [6.07, 6.45) is 0. The lowest BCUT2D eigenvalue weighted by Crippen LogP contribution is -2.15. The number of hydrogen-bond donors (Lipinski definition) is 0. The molecule has 1 aliphatic rings. The van der Waals surface area contributed by atoms with E-state index in [4.69, 9.17) is 15.0 Å². The second kappa shape index (κ2) is 11.1. The van der Waals surface area contributed by atoms with Crippen molar-refractivity contribution in [2.45, 2.75) is 19.3 Å². The molecule has 0 unspecified atom stereocenters. The fraction of sp³-hybridized carbons (Fsp3) is 0.0625. The summed E-state index contributed by atoms with van der Waals surface area (Å²) in [7, 11) is 0. The van der Waals surface area contributed by atoms with E-state index < -0.39 is 0 Å². The van der Waals surface area contributed by atoms with Gasteiger partial charge in [0.15, 0.2) is 5.82 Å². The molecule has 0 fully saturated rings. The van der Waals surface area contributed by atoms with Gasteiger partial charge in [0.25, 0.3) is 0 Å². The zero-order valence-corrected chi connectivity index (χ0v) is 29.3. The SMILES string of the molecule is CC1(C)c2ccccc2-c2cc3c4ccccc4n(-c4nc(-c5ccccc5)nc(-n5c6ccccc6c6cc(-c7ccccc7)ccc65)n4)c3cc21. The third-order valence-electron chi connectivity index (χ3n) is 11.2. The van der Waals surface area contributed by atoms with Gasteiger partial charge in [0.1, 0.15) is 0 Å². The van der Waals surface area contributed by atoms with E-state index in [2.05, 4.69) is 169 Å². The van der Waals surface area contributed by atoms with Crippen LogP contribution in [0.1, 0.15) is 25.0 Å². The Morgan fingerprint density at radius 3 is 1.62 bits per heavy atom. The minimum absolute atomic E-state index is 0.150. The van der Waals surface area contributed by atoms with Crippen molar-refractivity contribution in [2.24, 2.45) is 0 Å². The summed E-state index contributed by atoms with van der Waals surface area (Å²) in [4.78, 5) is 15.9. The van der Waals surface area contributed by atoms with Gasteiger partial charge in [0.2, 0.25) is 11.9 Å². The van der Waals surface area contributed by atoms with Crippen LogP contribution in [0.5, 0.6) is 0 Å². The van der Waals surface area contributed by atoms with E-state index in [-0.39, 0.29) is 5.41 Å². The van der Waals surface area contributed by atoms with Gasteiger partial charge in [-0.2, -0.15) is 15.0 Å². The van der Waals surface area contributed by atoms with Crippen LogP contribution in [-0.4, -0.2) is 24.1 Å². The number of rotatable bonds is 4. The fourth-order valence-corrected chi connectivity index (χ4v) is 8.65. The average Bonchev–Trinajstić information content (AvgIpc) is 3.80. The van der Waals surface area contributed by atoms with Crippen molar-refractivity contribution < 1.29 is 0 Å². The maximum Gasteiger partial charge on any atom is 0.240 e. The molecule has 0 aliphatic heterocycles. The maximum atomic E-state index is 5.40. The van der Waals surface area contributed by atoms with Crippen LogP contribution in [0.15, 0.2) is 164 Å². The molecule has 53 heavy (non-hydrogen) atoms. The van der Waals surface area contributed by atoms with Gasteiger partial charge >= 0.3 is 0 Å². The first-order valence-corrected chi connectivity index (χ1v) is 18.1. The molecule has 3 heterocycles. The van der Waals surface area contributed by atoms with E-state index in [9.17, 15) is 0 Å². The van der Waals surface area contributed by atoms with Gasteiger partial charge in [-0.25, -0.2) is 0 Å². The second-order valence-electron chi connectivity index (χ2n) is 14.5. The molecule has 0 bridgehead atoms. The molecule has 0 atom stereocenters. The van der Waals surface area contributed by atoms with Crippen LogP contribution in [-0.2, 0) is 5.41 Å². The lowest BCUT2D eigenvalue weighted by atomic mass is 9.82. The fourth-order valence-electron chi connectivity index (χ4n) is 8.65. The molecule has 0 radical (unpaired) electrons. The zero-order valence-electron chi connectivity index (χ0n) is 29.3. The zero-order chi connectivity index (χ0) is 35.3. The molecule has 0 N–H and O–H groups in total. The van der Waals surface area contributed by atoms with E-state index >= 15 is 0 Å². The minimum Gasteiger partial charge on any atom is -0.278 e. The molecule has 0 spiro atoms. The lowest BCUT2D eigenvalue weighted by Gasteiger charge is -2.21. The van der Waals surface area contributed by atoms with Gasteiger partial charge in [0, 0.05) is 32.5 Å². The van der Waals surface area contributed by atoms with Crippen molar-refractivity contribution in [3.05, 3.63) is 175 Å². The van der Waals surface area contributed by atoms with Crippen molar-refractivity contribution in [3.8, 4) is 45.5 Å². The quantitative estimate of drug-likeness (QED) is 0.186. The predicted molar refractivity (Wildman–Crippen MR) is 217 cm³/mol. The van der Waals surface area contributed by atoms with Crippen LogP contribution >= 0.6 is 0 Å². The molecule has 11 rings (SSSR count). The van der Waals surface area contributed by atoms with E-state index in [1.165, 1.54) is 44.2 Å². The van der Waals surface area contributed by atoms with Gasteiger partial charge < -0.3 is 0 Å². The van der Waals surface area contributed by atoms with E-state index in [1.54, 1.807) is 0 Å². The van der Waals surface area contributed by atoms with Crippen molar-refractivity contribution in [2.75, 3.05) is 0 Å². The Kier molecular flexibility index (Phi) is 6.23. The van der Waals surface area contributed by atoms with E-state index in [0.29, 0.717) is 17.7 Å². The Bertz CT molecular complexity index is 3080.